The van der Waals surface area contributed by atoms with Crippen molar-refractivity contribution in [3.05, 3.63) is 28.0 Å². The molecule has 0 aromatic carbocycles. The minimum atomic E-state index is -1.11. The summed E-state index contributed by atoms with van der Waals surface area (Å²) in [6, 6.07) is 1.84. The van der Waals surface area contributed by atoms with Crippen molar-refractivity contribution < 1.29 is 4.21 Å². The first-order valence-electron chi connectivity index (χ1n) is 6.28. The molecule has 2 rings (SSSR count). The number of rotatable bonds is 4. The van der Waals surface area contributed by atoms with Gasteiger partial charge in [-0.25, -0.2) is 13.9 Å². The summed E-state index contributed by atoms with van der Waals surface area (Å²) < 4.78 is 15.2. The third-order valence-electron chi connectivity index (χ3n) is 3.06. The molecular weight excluding hydrogens is 303 g/mol. The first-order valence-corrected chi connectivity index (χ1v) is 8.18. The Labute approximate surface area is 126 Å². The van der Waals surface area contributed by atoms with E-state index in [2.05, 4.69) is 9.71 Å². The molecule has 0 radical (unpaired) electrons. The van der Waals surface area contributed by atoms with E-state index < -0.39 is 11.0 Å². The largest absolute Gasteiger partial charge is 0.243 e. The summed E-state index contributed by atoms with van der Waals surface area (Å²) in [5, 5.41) is 0.741. The number of pyridine rings is 1. The number of hydrogen-bond donors (Lipinski definition) is 1. The Balaban J connectivity index is 2.21. The van der Waals surface area contributed by atoms with Crippen molar-refractivity contribution in [1.29, 1.82) is 0 Å². The highest BCUT2D eigenvalue weighted by Crippen LogP contribution is 2.42. The smallest absolute Gasteiger partial charge is 0.147 e. The van der Waals surface area contributed by atoms with E-state index in [1.807, 2.05) is 26.8 Å². The fourth-order valence-corrected chi connectivity index (χ4v) is 2.96. The van der Waals surface area contributed by atoms with Crippen LogP contribution >= 0.6 is 23.2 Å². The Morgan fingerprint density at radius 3 is 2.53 bits per heavy atom. The third kappa shape index (κ3) is 3.91. The molecule has 1 fully saturated rings. The molecule has 1 aliphatic rings. The Morgan fingerprint density at radius 2 is 2.05 bits per heavy atom. The van der Waals surface area contributed by atoms with Crippen LogP contribution in [0.2, 0.25) is 10.2 Å². The first-order chi connectivity index (χ1) is 8.79. The molecule has 1 heterocycles. The molecule has 1 aliphatic carbocycles. The fraction of sp³-hybridized carbons (Fsp3) is 0.615. The Kier molecular flexibility index (Phi) is 4.56. The van der Waals surface area contributed by atoms with E-state index in [0.29, 0.717) is 16.1 Å². The third-order valence-corrected chi connectivity index (χ3v) is 5.33. The van der Waals surface area contributed by atoms with Gasteiger partial charge in [-0.05, 0) is 51.2 Å². The summed E-state index contributed by atoms with van der Waals surface area (Å²) in [5.41, 5.74) is 0.953. The Morgan fingerprint density at radius 1 is 1.42 bits per heavy atom. The first kappa shape index (κ1) is 15.2. The molecule has 1 N–H and O–H groups in total. The minimum absolute atomic E-state index is 0.0299. The van der Waals surface area contributed by atoms with Gasteiger partial charge in [-0.15, -0.1) is 0 Å². The SMILES string of the molecule is CC(C)(C)[S@@](=O)N[C@@H](c1cnc(Cl)c(Cl)c1)C1CC1. The van der Waals surface area contributed by atoms with Crippen molar-refractivity contribution >= 4 is 34.2 Å². The zero-order valence-corrected chi connectivity index (χ0v) is 13.6. The van der Waals surface area contributed by atoms with Crippen LogP contribution in [-0.2, 0) is 11.0 Å². The zero-order chi connectivity index (χ0) is 14.2. The molecule has 106 valence electrons. The van der Waals surface area contributed by atoms with Crippen molar-refractivity contribution in [3.63, 3.8) is 0 Å². The molecule has 0 saturated heterocycles. The van der Waals surface area contributed by atoms with Crippen molar-refractivity contribution in [3.8, 4) is 0 Å². The minimum Gasteiger partial charge on any atom is -0.243 e. The van der Waals surface area contributed by atoms with Gasteiger partial charge in [0.15, 0.2) is 0 Å². The molecule has 0 unspecified atom stereocenters. The van der Waals surface area contributed by atoms with E-state index in [-0.39, 0.29) is 10.8 Å². The zero-order valence-electron chi connectivity index (χ0n) is 11.2. The van der Waals surface area contributed by atoms with E-state index in [1.54, 1.807) is 6.20 Å². The van der Waals surface area contributed by atoms with Gasteiger partial charge in [-0.1, -0.05) is 23.2 Å². The maximum Gasteiger partial charge on any atom is 0.147 e. The van der Waals surface area contributed by atoms with E-state index in [4.69, 9.17) is 23.2 Å². The number of aromatic nitrogens is 1. The summed E-state index contributed by atoms with van der Waals surface area (Å²) in [4.78, 5) is 4.07. The van der Waals surface area contributed by atoms with Gasteiger partial charge in [0.05, 0.1) is 20.8 Å². The topological polar surface area (TPSA) is 42.0 Å². The van der Waals surface area contributed by atoms with Crippen molar-refractivity contribution in [2.24, 2.45) is 5.92 Å². The van der Waals surface area contributed by atoms with Gasteiger partial charge >= 0.3 is 0 Å². The van der Waals surface area contributed by atoms with Gasteiger partial charge in [0.1, 0.15) is 5.15 Å². The van der Waals surface area contributed by atoms with Crippen LogP contribution in [0.4, 0.5) is 0 Å². The van der Waals surface area contributed by atoms with Crippen LogP contribution in [0.25, 0.3) is 0 Å². The standard InChI is InChI=1S/C13H18Cl2N2OS/c1-13(2,3)19(18)17-11(8-4-5-8)9-6-10(14)12(15)16-7-9/h6-8,11,17H,4-5H2,1-3H3/t11-,19-/m1/s1. The molecule has 0 bridgehead atoms. The quantitative estimate of drug-likeness (QED) is 0.855. The van der Waals surface area contributed by atoms with Crippen molar-refractivity contribution in [2.75, 3.05) is 0 Å². The van der Waals surface area contributed by atoms with E-state index in [0.717, 1.165) is 18.4 Å². The summed E-state index contributed by atoms with van der Waals surface area (Å²) in [5.74, 6) is 0.505. The molecule has 0 aliphatic heterocycles. The van der Waals surface area contributed by atoms with Crippen molar-refractivity contribution in [1.82, 2.24) is 9.71 Å². The number of halogens is 2. The molecule has 1 aromatic heterocycles. The van der Waals surface area contributed by atoms with Crippen LogP contribution in [-0.4, -0.2) is 13.9 Å². The molecule has 0 amide bonds. The lowest BCUT2D eigenvalue weighted by molar-refractivity contribution is 0.555. The van der Waals surface area contributed by atoms with Crippen LogP contribution in [0.5, 0.6) is 0 Å². The second-order valence-corrected chi connectivity index (χ2v) is 8.62. The lowest BCUT2D eigenvalue weighted by Crippen LogP contribution is -2.36. The van der Waals surface area contributed by atoms with Crippen LogP contribution in [0.3, 0.4) is 0 Å². The predicted molar refractivity (Wildman–Crippen MR) is 80.8 cm³/mol. The fourth-order valence-electron chi connectivity index (χ4n) is 1.76. The molecule has 19 heavy (non-hydrogen) atoms. The summed E-state index contributed by atoms with van der Waals surface area (Å²) in [6.45, 7) is 5.85. The Hall–Kier alpha value is -0.160. The van der Waals surface area contributed by atoms with Gasteiger partial charge in [-0.2, -0.15) is 0 Å². The average molecular weight is 321 g/mol. The lowest BCUT2D eigenvalue weighted by Gasteiger charge is -2.24. The van der Waals surface area contributed by atoms with E-state index in [9.17, 15) is 4.21 Å². The second-order valence-electron chi connectivity index (χ2n) is 5.86. The predicted octanol–water partition coefficient (Wildman–Crippen LogP) is 3.89. The molecule has 6 heteroatoms. The summed E-state index contributed by atoms with van der Waals surface area (Å²) in [7, 11) is -1.11. The van der Waals surface area contributed by atoms with Crippen LogP contribution < -0.4 is 4.72 Å². The van der Waals surface area contributed by atoms with Gasteiger partial charge < -0.3 is 0 Å². The number of nitrogens with zero attached hydrogens (tertiary/aromatic N) is 1. The van der Waals surface area contributed by atoms with Crippen molar-refractivity contribution in [2.45, 2.75) is 44.4 Å². The molecule has 3 nitrogen and oxygen atoms in total. The molecule has 0 spiro atoms. The monoisotopic (exact) mass is 320 g/mol. The lowest BCUT2D eigenvalue weighted by atomic mass is 10.1. The van der Waals surface area contributed by atoms with Crippen LogP contribution in [0.1, 0.15) is 45.2 Å². The van der Waals surface area contributed by atoms with Crippen LogP contribution in [0.15, 0.2) is 12.3 Å². The average Bonchev–Trinajstić information content (AvgIpc) is 3.12. The van der Waals surface area contributed by atoms with Crippen LogP contribution in [0, 0.1) is 5.92 Å². The molecule has 1 saturated carbocycles. The maximum absolute atomic E-state index is 12.3. The second kappa shape index (κ2) is 5.68. The molecular formula is C13H18Cl2N2OS. The molecule has 1 aromatic rings. The highest BCUT2D eigenvalue weighted by molar-refractivity contribution is 7.84. The summed E-state index contributed by atoms with van der Waals surface area (Å²) in [6.07, 6.45) is 3.99. The van der Waals surface area contributed by atoms with Gasteiger partial charge in [0.25, 0.3) is 0 Å². The van der Waals surface area contributed by atoms with Gasteiger partial charge in [0.2, 0.25) is 0 Å². The van der Waals surface area contributed by atoms with Gasteiger partial charge in [-0.3, -0.25) is 0 Å². The summed E-state index contributed by atoms with van der Waals surface area (Å²) >= 11 is 11.8. The molecule has 2 atom stereocenters. The highest BCUT2D eigenvalue weighted by atomic mass is 35.5. The number of nitrogens with one attached hydrogen (secondary N) is 1. The maximum atomic E-state index is 12.3. The number of hydrogen-bond acceptors (Lipinski definition) is 2. The highest BCUT2D eigenvalue weighted by Gasteiger charge is 2.35. The van der Waals surface area contributed by atoms with E-state index in [1.165, 1.54) is 0 Å². The van der Waals surface area contributed by atoms with Gasteiger partial charge in [0, 0.05) is 12.2 Å². The normalized spacial score (nSPS) is 19.2. The Bertz CT molecular complexity index is 498. The van der Waals surface area contributed by atoms with E-state index >= 15 is 0 Å².